The average Bonchev–Trinajstić information content (AvgIpc) is 2.10. The Balaban J connectivity index is 2.46. The van der Waals surface area contributed by atoms with E-state index in [1.807, 2.05) is 0 Å². The van der Waals surface area contributed by atoms with E-state index in [9.17, 15) is 4.79 Å². The molecule has 1 rings (SSSR count). The van der Waals surface area contributed by atoms with Gasteiger partial charge in [-0.15, -0.1) is 0 Å². The molecule has 2 heteroatoms. The van der Waals surface area contributed by atoms with Crippen molar-refractivity contribution < 1.29 is 4.79 Å². The van der Waals surface area contributed by atoms with Crippen LogP contribution in [0.15, 0.2) is 23.8 Å². The van der Waals surface area contributed by atoms with Crippen LogP contribution in [0.5, 0.6) is 0 Å². The van der Waals surface area contributed by atoms with E-state index >= 15 is 0 Å². The summed E-state index contributed by atoms with van der Waals surface area (Å²) in [5.74, 6) is 0.180. The van der Waals surface area contributed by atoms with Gasteiger partial charge in [0.15, 0.2) is 0 Å². The van der Waals surface area contributed by atoms with Crippen molar-refractivity contribution in [3.63, 3.8) is 0 Å². The molecule has 1 aliphatic carbocycles. The highest BCUT2D eigenvalue weighted by atomic mass is 16.1. The molecule has 0 radical (unpaired) electrons. The number of ketones is 1. The van der Waals surface area contributed by atoms with Crippen molar-refractivity contribution in [2.24, 2.45) is 11.1 Å². The van der Waals surface area contributed by atoms with E-state index in [2.05, 4.69) is 26.5 Å². The second-order valence-corrected chi connectivity index (χ2v) is 6.18. The first-order chi connectivity index (χ1) is 7.78. The highest BCUT2D eigenvalue weighted by Crippen LogP contribution is 2.38. The summed E-state index contributed by atoms with van der Waals surface area (Å²) in [5, 5.41) is 0. The van der Waals surface area contributed by atoms with Crippen molar-refractivity contribution in [3.05, 3.63) is 23.8 Å². The van der Waals surface area contributed by atoms with Crippen LogP contribution in [0, 0.1) is 5.41 Å². The third kappa shape index (κ3) is 5.31. The summed E-state index contributed by atoms with van der Waals surface area (Å²) < 4.78 is 0. The minimum atomic E-state index is 0.00621. The van der Waals surface area contributed by atoms with Gasteiger partial charge >= 0.3 is 0 Å². The number of hydrogen-bond donors (Lipinski definition) is 1. The lowest BCUT2D eigenvalue weighted by Gasteiger charge is -2.31. The van der Waals surface area contributed by atoms with Crippen molar-refractivity contribution >= 4 is 5.78 Å². The molecule has 17 heavy (non-hydrogen) atoms. The lowest BCUT2D eigenvalue weighted by Crippen LogP contribution is -2.24. The summed E-state index contributed by atoms with van der Waals surface area (Å²) in [5.41, 5.74) is 8.90. The summed E-state index contributed by atoms with van der Waals surface area (Å²) >= 11 is 0. The van der Waals surface area contributed by atoms with Crippen molar-refractivity contribution in [2.75, 3.05) is 0 Å². The summed E-state index contributed by atoms with van der Waals surface area (Å²) in [6.07, 6.45) is 6.81. The number of nitrogens with two attached hydrogens (primary N) is 1. The minimum absolute atomic E-state index is 0.00621. The van der Waals surface area contributed by atoms with Crippen LogP contribution in [0.4, 0.5) is 0 Å². The second kappa shape index (κ2) is 5.63. The van der Waals surface area contributed by atoms with Crippen LogP contribution in [0.3, 0.4) is 0 Å². The molecule has 1 atom stereocenters. The molecule has 2 nitrogen and oxygen atoms in total. The van der Waals surface area contributed by atoms with Gasteiger partial charge in [-0.2, -0.15) is 0 Å². The summed E-state index contributed by atoms with van der Waals surface area (Å²) in [6, 6.07) is 0.00621. The standard InChI is InChI=1S/C15H25NO/c1-11-7-13(10-15(3,4)9-11)5-6-14(16)8-12(2)17/h7,14H,1,5-6,8-10,16H2,2-4H3. The van der Waals surface area contributed by atoms with Gasteiger partial charge in [0.25, 0.3) is 0 Å². The molecule has 0 fully saturated rings. The first-order valence-corrected chi connectivity index (χ1v) is 6.41. The zero-order valence-corrected chi connectivity index (χ0v) is 11.4. The molecule has 0 amide bonds. The molecule has 0 bridgehead atoms. The number of carbonyl (C=O) groups excluding carboxylic acids is 1. The van der Waals surface area contributed by atoms with Gasteiger partial charge in [0, 0.05) is 12.5 Å². The third-order valence-corrected chi connectivity index (χ3v) is 3.21. The molecule has 1 unspecified atom stereocenters. The fourth-order valence-electron chi connectivity index (χ4n) is 2.69. The van der Waals surface area contributed by atoms with Gasteiger partial charge in [-0.3, -0.25) is 4.79 Å². The summed E-state index contributed by atoms with van der Waals surface area (Å²) in [6.45, 7) is 10.2. The Hall–Kier alpha value is -0.890. The topological polar surface area (TPSA) is 43.1 Å². The van der Waals surface area contributed by atoms with E-state index in [4.69, 9.17) is 5.73 Å². The number of allylic oxidation sites excluding steroid dienone is 3. The van der Waals surface area contributed by atoms with E-state index in [-0.39, 0.29) is 11.8 Å². The van der Waals surface area contributed by atoms with E-state index in [0.717, 1.165) is 25.7 Å². The van der Waals surface area contributed by atoms with Crippen LogP contribution >= 0.6 is 0 Å². The molecular formula is C15H25NO. The van der Waals surface area contributed by atoms with Crippen molar-refractivity contribution in [1.29, 1.82) is 0 Å². The van der Waals surface area contributed by atoms with Gasteiger partial charge in [0.05, 0.1) is 0 Å². The van der Waals surface area contributed by atoms with Gasteiger partial charge in [0.2, 0.25) is 0 Å². The van der Waals surface area contributed by atoms with E-state index in [1.165, 1.54) is 11.1 Å². The molecule has 0 aromatic heterocycles. The zero-order valence-electron chi connectivity index (χ0n) is 11.4. The summed E-state index contributed by atoms with van der Waals surface area (Å²) in [4.78, 5) is 11.0. The molecule has 0 saturated heterocycles. The van der Waals surface area contributed by atoms with E-state index in [1.54, 1.807) is 6.92 Å². The molecular weight excluding hydrogens is 210 g/mol. The normalized spacial score (nSPS) is 20.9. The van der Waals surface area contributed by atoms with Crippen LogP contribution < -0.4 is 5.73 Å². The van der Waals surface area contributed by atoms with Crippen LogP contribution in [-0.4, -0.2) is 11.8 Å². The highest BCUT2D eigenvalue weighted by Gasteiger charge is 2.24. The van der Waals surface area contributed by atoms with Gasteiger partial charge in [-0.25, -0.2) is 0 Å². The lowest BCUT2D eigenvalue weighted by molar-refractivity contribution is -0.117. The molecule has 0 aliphatic heterocycles. The third-order valence-electron chi connectivity index (χ3n) is 3.21. The second-order valence-electron chi connectivity index (χ2n) is 6.18. The Morgan fingerprint density at radius 3 is 2.71 bits per heavy atom. The Morgan fingerprint density at radius 1 is 1.53 bits per heavy atom. The predicted octanol–water partition coefficient (Wildman–Crippen LogP) is 3.38. The average molecular weight is 235 g/mol. The Kier molecular flexibility index (Phi) is 4.70. The lowest BCUT2D eigenvalue weighted by atomic mass is 9.74. The molecule has 0 saturated carbocycles. The maximum atomic E-state index is 11.0. The SMILES string of the molecule is C=C1C=C(CCC(N)CC(C)=O)CC(C)(C)C1. The van der Waals surface area contributed by atoms with Crippen LogP contribution in [0.25, 0.3) is 0 Å². The number of hydrogen-bond acceptors (Lipinski definition) is 2. The van der Waals surface area contributed by atoms with Gasteiger partial charge in [-0.1, -0.05) is 37.6 Å². The predicted molar refractivity (Wildman–Crippen MR) is 72.7 cm³/mol. The molecule has 96 valence electrons. The van der Waals surface area contributed by atoms with Crippen LogP contribution in [-0.2, 0) is 4.79 Å². The van der Waals surface area contributed by atoms with E-state index < -0.39 is 0 Å². The molecule has 0 heterocycles. The summed E-state index contributed by atoms with van der Waals surface area (Å²) in [7, 11) is 0. The number of carbonyl (C=O) groups is 1. The van der Waals surface area contributed by atoms with Crippen LogP contribution in [0.2, 0.25) is 0 Å². The van der Waals surface area contributed by atoms with E-state index in [0.29, 0.717) is 11.8 Å². The fourth-order valence-corrected chi connectivity index (χ4v) is 2.69. The minimum Gasteiger partial charge on any atom is -0.327 e. The molecule has 0 aromatic carbocycles. The quantitative estimate of drug-likeness (QED) is 0.794. The molecule has 0 aromatic rings. The number of Topliss-reactive ketones (excluding diaryl/α,β-unsaturated/α-hetero) is 1. The maximum Gasteiger partial charge on any atom is 0.131 e. The largest absolute Gasteiger partial charge is 0.327 e. The first kappa shape index (κ1) is 14.2. The van der Waals surface area contributed by atoms with Crippen LogP contribution in [0.1, 0.15) is 52.9 Å². The van der Waals surface area contributed by atoms with Gasteiger partial charge < -0.3 is 5.73 Å². The Morgan fingerprint density at radius 2 is 2.18 bits per heavy atom. The van der Waals surface area contributed by atoms with Crippen molar-refractivity contribution in [3.8, 4) is 0 Å². The smallest absolute Gasteiger partial charge is 0.131 e. The zero-order chi connectivity index (χ0) is 13.1. The Labute approximate surface area is 105 Å². The van der Waals surface area contributed by atoms with Crippen molar-refractivity contribution in [2.45, 2.75) is 58.9 Å². The van der Waals surface area contributed by atoms with Gasteiger partial charge in [-0.05, 0) is 38.0 Å². The molecule has 0 spiro atoms. The number of rotatable bonds is 5. The van der Waals surface area contributed by atoms with Crippen molar-refractivity contribution in [1.82, 2.24) is 0 Å². The van der Waals surface area contributed by atoms with Gasteiger partial charge in [0.1, 0.15) is 5.78 Å². The maximum absolute atomic E-state index is 11.0. The molecule has 2 N–H and O–H groups in total. The monoisotopic (exact) mass is 235 g/mol. The Bertz CT molecular complexity index is 339. The first-order valence-electron chi connectivity index (χ1n) is 6.41. The molecule has 1 aliphatic rings. The fraction of sp³-hybridized carbons (Fsp3) is 0.667. The highest BCUT2D eigenvalue weighted by molar-refractivity contribution is 5.76.